The molecule has 168 valence electrons. The highest BCUT2D eigenvalue weighted by Gasteiger charge is 2.53. The minimum atomic E-state index is -3.74. The maximum atomic E-state index is 13.6. The fourth-order valence-electron chi connectivity index (χ4n) is 4.88. The molecule has 30 heavy (non-hydrogen) atoms. The molecule has 0 bridgehead atoms. The molecule has 1 aromatic carbocycles. The Hall–Kier alpha value is -1.40. The second-order valence-corrected chi connectivity index (χ2v) is 11.7. The van der Waals surface area contributed by atoms with Gasteiger partial charge < -0.3 is 10.2 Å². The van der Waals surface area contributed by atoms with Crippen molar-refractivity contribution in [3.05, 3.63) is 29.3 Å². The van der Waals surface area contributed by atoms with Crippen molar-refractivity contribution in [2.45, 2.75) is 81.8 Å². The molecule has 2 fully saturated rings. The van der Waals surface area contributed by atoms with Crippen molar-refractivity contribution < 1.29 is 13.2 Å². The average Bonchev–Trinajstić information content (AvgIpc) is 3.22. The number of benzene rings is 1. The molecule has 3 rings (SSSR count). The molecule has 0 unspecified atom stereocenters. The first kappa shape index (κ1) is 23.3. The fraction of sp³-hybridized carbons (Fsp3) is 0.708. The Labute approximate surface area is 182 Å². The van der Waals surface area contributed by atoms with Gasteiger partial charge in [0.15, 0.2) is 14.6 Å². The average molecular weight is 435 g/mol. The van der Waals surface area contributed by atoms with Crippen LogP contribution in [0.3, 0.4) is 0 Å². The zero-order chi connectivity index (χ0) is 21.8. The second-order valence-electron chi connectivity index (χ2n) is 9.46. The van der Waals surface area contributed by atoms with Crippen molar-refractivity contribution in [1.82, 2.24) is 10.2 Å². The topological polar surface area (TPSA) is 66.5 Å². The third kappa shape index (κ3) is 4.91. The number of hydrogen-bond acceptors (Lipinski definition) is 4. The summed E-state index contributed by atoms with van der Waals surface area (Å²) in [5.74, 6) is 0.537. The number of rotatable bonds is 8. The van der Waals surface area contributed by atoms with E-state index in [4.69, 9.17) is 0 Å². The van der Waals surface area contributed by atoms with Gasteiger partial charge in [0.2, 0.25) is 5.91 Å². The van der Waals surface area contributed by atoms with Gasteiger partial charge in [0, 0.05) is 6.54 Å². The van der Waals surface area contributed by atoms with Gasteiger partial charge in [0.25, 0.3) is 0 Å². The highest BCUT2D eigenvalue weighted by atomic mass is 32.2. The van der Waals surface area contributed by atoms with E-state index in [0.29, 0.717) is 24.3 Å². The van der Waals surface area contributed by atoms with Crippen molar-refractivity contribution in [2.24, 2.45) is 5.92 Å². The van der Waals surface area contributed by atoms with Gasteiger partial charge in [-0.15, -0.1) is 0 Å². The zero-order valence-electron chi connectivity index (χ0n) is 18.9. The van der Waals surface area contributed by atoms with Crippen LogP contribution in [-0.4, -0.2) is 50.2 Å². The van der Waals surface area contributed by atoms with Crippen LogP contribution in [-0.2, 0) is 14.6 Å². The molecule has 5 nitrogen and oxygen atoms in total. The quantitative estimate of drug-likeness (QED) is 0.628. The maximum Gasteiger partial charge on any atom is 0.241 e. The molecule has 6 heteroatoms. The van der Waals surface area contributed by atoms with Gasteiger partial charge in [-0.3, -0.25) is 4.79 Å². The Kier molecular flexibility index (Phi) is 7.61. The summed E-state index contributed by atoms with van der Waals surface area (Å²) in [5.41, 5.74) is 1.62. The van der Waals surface area contributed by atoms with Gasteiger partial charge in [0.1, 0.15) is 0 Å². The number of sulfone groups is 1. The van der Waals surface area contributed by atoms with Crippen molar-refractivity contribution in [3.8, 4) is 0 Å². The van der Waals surface area contributed by atoms with Gasteiger partial charge in [-0.25, -0.2) is 8.42 Å². The molecule has 1 saturated carbocycles. The predicted octanol–water partition coefficient (Wildman–Crippen LogP) is 4.02. The van der Waals surface area contributed by atoms with Crippen molar-refractivity contribution in [3.63, 3.8) is 0 Å². The molecule has 1 N–H and O–H groups in total. The summed E-state index contributed by atoms with van der Waals surface area (Å²) in [6, 6.07) is 5.47. The largest absolute Gasteiger partial charge is 0.355 e. The minimum absolute atomic E-state index is 0.298. The lowest BCUT2D eigenvalue weighted by Gasteiger charge is -2.30. The molecule has 1 aliphatic carbocycles. The lowest BCUT2D eigenvalue weighted by molar-refractivity contribution is -0.123. The van der Waals surface area contributed by atoms with E-state index in [1.165, 1.54) is 25.9 Å². The van der Waals surface area contributed by atoms with Crippen LogP contribution in [0.2, 0.25) is 0 Å². The molecular formula is C24H38N2O3S. The SMILES string of the molecule is Cc1ccc(C)c(S(=O)(=O)C2(C(=O)NCCCCN3CCC(C)CC3)CCCC2)c1. The zero-order valence-corrected chi connectivity index (χ0v) is 19.7. The molecule has 2 aliphatic rings. The molecule has 0 aromatic heterocycles. The smallest absolute Gasteiger partial charge is 0.241 e. The van der Waals surface area contributed by atoms with E-state index in [0.717, 1.165) is 49.3 Å². The molecule has 0 radical (unpaired) electrons. The molecule has 1 aliphatic heterocycles. The van der Waals surface area contributed by atoms with Crippen LogP contribution >= 0.6 is 0 Å². The summed E-state index contributed by atoms with van der Waals surface area (Å²) in [5, 5.41) is 2.98. The Balaban J connectivity index is 1.60. The molecular weight excluding hydrogens is 396 g/mol. The van der Waals surface area contributed by atoms with Crippen LogP contribution in [0.4, 0.5) is 0 Å². The summed E-state index contributed by atoms with van der Waals surface area (Å²) in [6.07, 6.45) is 6.87. The van der Waals surface area contributed by atoms with Crippen molar-refractivity contribution in [1.29, 1.82) is 0 Å². The third-order valence-corrected chi connectivity index (χ3v) is 9.68. The third-order valence-electron chi connectivity index (χ3n) is 7.04. The predicted molar refractivity (Wildman–Crippen MR) is 121 cm³/mol. The molecule has 1 aromatic rings. The Morgan fingerprint density at radius 2 is 1.80 bits per heavy atom. The summed E-state index contributed by atoms with van der Waals surface area (Å²) in [4.78, 5) is 16.0. The van der Waals surface area contributed by atoms with Gasteiger partial charge in [-0.1, -0.05) is 31.9 Å². The fourth-order valence-corrected chi connectivity index (χ4v) is 7.28. The second kappa shape index (κ2) is 9.82. The summed E-state index contributed by atoms with van der Waals surface area (Å²) in [6.45, 7) is 9.98. The highest BCUT2D eigenvalue weighted by molar-refractivity contribution is 7.93. The number of amides is 1. The lowest BCUT2D eigenvalue weighted by atomic mass is 9.99. The van der Waals surface area contributed by atoms with E-state index in [9.17, 15) is 13.2 Å². The van der Waals surface area contributed by atoms with Crippen LogP contribution in [0.1, 0.15) is 69.4 Å². The normalized spacial score (nSPS) is 20.4. The van der Waals surface area contributed by atoms with E-state index < -0.39 is 14.6 Å². The van der Waals surface area contributed by atoms with Crippen molar-refractivity contribution >= 4 is 15.7 Å². The Bertz CT molecular complexity index is 836. The lowest BCUT2D eigenvalue weighted by Crippen LogP contribution is -2.51. The monoisotopic (exact) mass is 434 g/mol. The summed E-state index contributed by atoms with van der Waals surface area (Å²) < 4.78 is 25.9. The minimum Gasteiger partial charge on any atom is -0.355 e. The Morgan fingerprint density at radius 1 is 1.13 bits per heavy atom. The maximum absolute atomic E-state index is 13.6. The first-order valence-corrected chi connectivity index (χ1v) is 13.1. The molecule has 0 atom stereocenters. The van der Waals surface area contributed by atoms with Crippen LogP contribution in [0.5, 0.6) is 0 Å². The number of hydrogen-bond donors (Lipinski definition) is 1. The van der Waals surface area contributed by atoms with Crippen LogP contribution in [0.25, 0.3) is 0 Å². The van der Waals surface area contributed by atoms with Gasteiger partial charge >= 0.3 is 0 Å². The standard InChI is InChI=1S/C24H38N2O3S/c1-19-10-16-26(17-11-19)15-7-6-14-25-23(27)24(12-4-5-13-24)30(28,29)22-18-20(2)8-9-21(22)3/h8-9,18-19H,4-7,10-17H2,1-3H3,(H,25,27). The number of unbranched alkanes of at least 4 members (excludes halogenated alkanes) is 1. The number of carbonyl (C=O) groups is 1. The van der Waals surface area contributed by atoms with Gasteiger partial charge in [-0.05, 0) is 95.1 Å². The van der Waals surface area contributed by atoms with E-state index in [2.05, 4.69) is 17.1 Å². The van der Waals surface area contributed by atoms with E-state index in [1.54, 1.807) is 6.07 Å². The van der Waals surface area contributed by atoms with Crippen LogP contribution in [0.15, 0.2) is 23.1 Å². The number of nitrogens with zero attached hydrogens (tertiary/aromatic N) is 1. The Morgan fingerprint density at radius 3 is 2.47 bits per heavy atom. The van der Waals surface area contributed by atoms with Gasteiger partial charge in [0.05, 0.1) is 4.90 Å². The highest BCUT2D eigenvalue weighted by Crippen LogP contribution is 2.41. The molecule has 1 heterocycles. The molecule has 1 amide bonds. The van der Waals surface area contributed by atoms with E-state index >= 15 is 0 Å². The molecule has 0 spiro atoms. The summed E-state index contributed by atoms with van der Waals surface area (Å²) >= 11 is 0. The number of likely N-dealkylation sites (tertiary alicyclic amines) is 1. The summed E-state index contributed by atoms with van der Waals surface area (Å²) in [7, 11) is -3.74. The first-order chi connectivity index (χ1) is 14.3. The first-order valence-electron chi connectivity index (χ1n) is 11.6. The van der Waals surface area contributed by atoms with Crippen molar-refractivity contribution in [2.75, 3.05) is 26.2 Å². The van der Waals surface area contributed by atoms with Gasteiger partial charge in [-0.2, -0.15) is 0 Å². The number of aryl methyl sites for hydroxylation is 2. The van der Waals surface area contributed by atoms with Crippen LogP contribution < -0.4 is 5.32 Å². The number of nitrogens with one attached hydrogen (secondary N) is 1. The number of piperidine rings is 1. The van der Waals surface area contributed by atoms with E-state index in [1.807, 2.05) is 26.0 Å². The van der Waals surface area contributed by atoms with E-state index in [-0.39, 0.29) is 5.91 Å². The van der Waals surface area contributed by atoms with Crippen LogP contribution in [0, 0.1) is 19.8 Å². The molecule has 1 saturated heterocycles. The number of carbonyl (C=O) groups excluding carboxylic acids is 1.